The fourth-order valence-corrected chi connectivity index (χ4v) is 8.31. The molecule has 0 amide bonds. The molecule has 0 aliphatic heterocycles. The van der Waals surface area contributed by atoms with Gasteiger partial charge < -0.3 is 39.9 Å². The van der Waals surface area contributed by atoms with Crippen LogP contribution < -0.4 is 0 Å². The Morgan fingerprint density at radius 2 is 0.836 bits per heavy atom. The van der Waals surface area contributed by atoms with Crippen molar-refractivity contribution in [3.63, 3.8) is 0 Å². The molecule has 0 aromatic carbocycles. The summed E-state index contributed by atoms with van der Waals surface area (Å²) in [5.41, 5.74) is 0. The summed E-state index contributed by atoms with van der Waals surface area (Å²) in [4.78, 5) is 35.7. The van der Waals surface area contributed by atoms with Gasteiger partial charge in [-0.25, -0.2) is 4.57 Å². The van der Waals surface area contributed by atoms with Crippen LogP contribution in [0.3, 0.4) is 0 Å². The van der Waals surface area contributed by atoms with Crippen LogP contribution in [0.2, 0.25) is 0 Å². The molecule has 1 aliphatic carbocycles. The van der Waals surface area contributed by atoms with E-state index in [9.17, 15) is 44.6 Å². The van der Waals surface area contributed by atoms with E-state index in [2.05, 4.69) is 38.2 Å². The van der Waals surface area contributed by atoms with Gasteiger partial charge in [0.05, 0.1) is 6.61 Å². The Bertz CT molecular complexity index is 1170. The molecule has 61 heavy (non-hydrogen) atoms. The van der Waals surface area contributed by atoms with Gasteiger partial charge in [0.25, 0.3) is 0 Å². The van der Waals surface area contributed by atoms with E-state index >= 15 is 0 Å². The molecule has 0 saturated heterocycles. The zero-order chi connectivity index (χ0) is 45.0. The van der Waals surface area contributed by atoms with E-state index < -0.39 is 75.7 Å². The van der Waals surface area contributed by atoms with Crippen LogP contribution in [0.1, 0.15) is 206 Å². The Balaban J connectivity index is 2.44. The van der Waals surface area contributed by atoms with Crippen LogP contribution in [0, 0.1) is 0 Å². The van der Waals surface area contributed by atoms with Crippen molar-refractivity contribution in [3.8, 4) is 0 Å². The van der Waals surface area contributed by atoms with Crippen molar-refractivity contribution in [2.45, 2.75) is 249 Å². The average molecular weight is 891 g/mol. The van der Waals surface area contributed by atoms with Gasteiger partial charge in [0.2, 0.25) is 0 Å². The van der Waals surface area contributed by atoms with E-state index in [1.54, 1.807) is 0 Å². The highest BCUT2D eigenvalue weighted by Crippen LogP contribution is 2.47. The molecular weight excluding hydrogens is 803 g/mol. The third kappa shape index (κ3) is 30.2. The number of ether oxygens (including phenoxy) is 2. The van der Waals surface area contributed by atoms with Gasteiger partial charge in [0, 0.05) is 12.8 Å². The lowest BCUT2D eigenvalue weighted by molar-refractivity contribution is -0.220. The van der Waals surface area contributed by atoms with Crippen LogP contribution in [-0.2, 0) is 32.7 Å². The minimum Gasteiger partial charge on any atom is -0.462 e. The van der Waals surface area contributed by atoms with E-state index in [0.29, 0.717) is 12.8 Å². The van der Waals surface area contributed by atoms with Crippen molar-refractivity contribution in [1.82, 2.24) is 0 Å². The van der Waals surface area contributed by atoms with E-state index in [4.69, 9.17) is 18.5 Å². The van der Waals surface area contributed by atoms with Crippen molar-refractivity contribution in [2.24, 2.45) is 0 Å². The topological polar surface area (TPSA) is 210 Å². The minimum absolute atomic E-state index is 0.0928. The maximum Gasteiger partial charge on any atom is 0.472 e. The summed E-state index contributed by atoms with van der Waals surface area (Å²) in [7, 11) is -5.12. The molecule has 0 bridgehead atoms. The second kappa shape index (κ2) is 37.7. The third-order valence-corrected chi connectivity index (χ3v) is 12.3. The van der Waals surface area contributed by atoms with Gasteiger partial charge in [-0.2, -0.15) is 0 Å². The number of carbonyl (C=O) groups is 2. The zero-order valence-corrected chi connectivity index (χ0v) is 38.9. The number of phosphoric acid groups is 1. The number of phosphoric ester groups is 1. The summed E-state index contributed by atoms with van der Waals surface area (Å²) in [6, 6.07) is 0. The molecule has 1 rings (SSSR count). The molecule has 0 radical (unpaired) electrons. The number of aliphatic hydroxyl groups is 5. The number of allylic oxidation sites excluding steroid dienone is 4. The smallest absolute Gasteiger partial charge is 0.462 e. The molecule has 6 unspecified atom stereocenters. The van der Waals surface area contributed by atoms with Gasteiger partial charge in [-0.3, -0.25) is 18.6 Å². The van der Waals surface area contributed by atoms with Crippen LogP contribution in [0.15, 0.2) is 24.3 Å². The monoisotopic (exact) mass is 891 g/mol. The number of hydrogen-bond donors (Lipinski definition) is 6. The largest absolute Gasteiger partial charge is 0.472 e. The Morgan fingerprint density at radius 1 is 0.492 bits per heavy atom. The number of carbonyl (C=O) groups excluding carboxylic acids is 2. The Morgan fingerprint density at radius 3 is 1.26 bits per heavy atom. The fraction of sp³-hybridized carbons (Fsp3) is 0.872. The molecule has 13 nitrogen and oxygen atoms in total. The first-order valence-corrected chi connectivity index (χ1v) is 25.6. The molecule has 1 saturated carbocycles. The average Bonchev–Trinajstić information content (AvgIpc) is 3.24. The lowest BCUT2D eigenvalue weighted by Gasteiger charge is -2.41. The quantitative estimate of drug-likeness (QED) is 0.0147. The Labute approximate surface area is 368 Å². The molecule has 6 N–H and O–H groups in total. The van der Waals surface area contributed by atoms with Gasteiger partial charge in [-0.1, -0.05) is 154 Å². The predicted molar refractivity (Wildman–Crippen MR) is 240 cm³/mol. The molecule has 1 aliphatic rings. The standard InChI is InChI=1S/C47H87O13P/c1-3-5-7-9-11-13-15-17-19-20-22-24-26-28-30-32-34-36-41(49)59-39(38-58-61(55,56)60-47-45(53)43(51)42(50)44(52)46(47)54)37-57-40(48)35-33-31-29-27-25-23-21-18-16-14-12-10-8-6-4-2/h14,16-17,19,39,42-47,50-54H,3-13,15,18,20-38H2,1-2H3,(H,55,56)/t39-,42?,43-,44?,45?,46?,47?/m1/s1. The maximum atomic E-state index is 12.8. The number of unbranched alkanes of at least 4 members (excludes halogenated alkanes) is 24. The predicted octanol–water partition coefficient (Wildman–Crippen LogP) is 9.62. The van der Waals surface area contributed by atoms with Gasteiger partial charge in [-0.15, -0.1) is 0 Å². The normalized spacial score (nSPS) is 22.2. The first-order valence-electron chi connectivity index (χ1n) is 24.1. The summed E-state index contributed by atoms with van der Waals surface area (Å²) in [6.45, 7) is 3.29. The molecule has 14 heteroatoms. The van der Waals surface area contributed by atoms with Gasteiger partial charge >= 0.3 is 19.8 Å². The fourth-order valence-electron chi connectivity index (χ4n) is 7.34. The maximum absolute atomic E-state index is 12.8. The first kappa shape index (κ1) is 57.3. The minimum atomic E-state index is -5.12. The van der Waals surface area contributed by atoms with Crippen molar-refractivity contribution in [1.29, 1.82) is 0 Å². The van der Waals surface area contributed by atoms with Crippen molar-refractivity contribution in [3.05, 3.63) is 24.3 Å². The number of rotatable bonds is 40. The lowest BCUT2D eigenvalue weighted by atomic mass is 9.85. The third-order valence-electron chi connectivity index (χ3n) is 11.3. The molecule has 0 aromatic heterocycles. The molecule has 0 aromatic rings. The molecule has 358 valence electrons. The molecule has 8 atom stereocenters. The highest BCUT2D eigenvalue weighted by molar-refractivity contribution is 7.47. The van der Waals surface area contributed by atoms with Gasteiger partial charge in [-0.05, 0) is 64.2 Å². The van der Waals surface area contributed by atoms with E-state index in [-0.39, 0.29) is 12.8 Å². The summed E-state index contributed by atoms with van der Waals surface area (Å²) in [5.74, 6) is -1.10. The number of aliphatic hydroxyl groups excluding tert-OH is 5. The van der Waals surface area contributed by atoms with Crippen LogP contribution in [0.4, 0.5) is 0 Å². The van der Waals surface area contributed by atoms with Crippen LogP contribution in [-0.4, -0.2) is 98.3 Å². The molecule has 0 spiro atoms. The second-order valence-electron chi connectivity index (χ2n) is 17.0. The number of esters is 2. The Kier molecular flexibility index (Phi) is 35.4. The van der Waals surface area contributed by atoms with Crippen LogP contribution >= 0.6 is 7.82 Å². The van der Waals surface area contributed by atoms with Crippen molar-refractivity contribution < 1.29 is 63.1 Å². The summed E-state index contributed by atoms with van der Waals surface area (Å²) in [6.07, 6.45) is 27.9. The van der Waals surface area contributed by atoms with Gasteiger partial charge in [0.15, 0.2) is 6.10 Å². The zero-order valence-electron chi connectivity index (χ0n) is 38.0. The van der Waals surface area contributed by atoms with E-state index in [0.717, 1.165) is 64.2 Å². The van der Waals surface area contributed by atoms with Crippen molar-refractivity contribution in [2.75, 3.05) is 13.2 Å². The Hall–Kier alpha value is -1.67. The highest BCUT2D eigenvalue weighted by atomic mass is 31.2. The van der Waals surface area contributed by atoms with Gasteiger partial charge in [0.1, 0.15) is 43.2 Å². The molecular formula is C47H87O13P. The lowest BCUT2D eigenvalue weighted by Crippen LogP contribution is -2.64. The number of hydrogen-bond acceptors (Lipinski definition) is 12. The van der Waals surface area contributed by atoms with Crippen LogP contribution in [0.5, 0.6) is 0 Å². The summed E-state index contributed by atoms with van der Waals surface area (Å²) < 4.78 is 33.6. The molecule has 0 heterocycles. The van der Waals surface area contributed by atoms with E-state index in [1.165, 1.54) is 103 Å². The summed E-state index contributed by atoms with van der Waals surface area (Å²) >= 11 is 0. The highest BCUT2D eigenvalue weighted by Gasteiger charge is 2.51. The first-order chi connectivity index (χ1) is 29.4. The second-order valence-corrected chi connectivity index (χ2v) is 18.4. The van der Waals surface area contributed by atoms with Crippen molar-refractivity contribution >= 4 is 19.8 Å². The molecule has 1 fully saturated rings. The SMILES string of the molecule is CCCCCCC=CCCCCCCCCCC(=O)OC[C@H](COP(=O)(O)OC1C(O)C(O)C(O)[C@@H](O)C1O)OC(=O)CCCCCCCCCC=CCCCCCCCC. The van der Waals surface area contributed by atoms with Crippen LogP contribution in [0.25, 0.3) is 0 Å². The van der Waals surface area contributed by atoms with E-state index in [1.807, 2.05) is 0 Å². The summed E-state index contributed by atoms with van der Waals surface area (Å²) in [5, 5.41) is 50.2.